The summed E-state index contributed by atoms with van der Waals surface area (Å²) in [5, 5.41) is 1.26. The zero-order chi connectivity index (χ0) is 17.4. The highest BCUT2D eigenvalue weighted by molar-refractivity contribution is 8.03. The maximum Gasteiger partial charge on any atom is 0.211 e. The molecule has 0 amide bonds. The van der Waals surface area contributed by atoms with Gasteiger partial charge in [-0.1, -0.05) is 42.1 Å². The van der Waals surface area contributed by atoms with E-state index >= 15 is 0 Å². The summed E-state index contributed by atoms with van der Waals surface area (Å²) in [5.74, 6) is 0. The predicted octanol–water partition coefficient (Wildman–Crippen LogP) is 2.12. The fourth-order valence-corrected chi connectivity index (χ4v) is 4.50. The smallest absolute Gasteiger partial charge is 0.211 e. The SMILES string of the molecule is Cc1cc(/C=C2\Sc3ccccc3N2C)cc(C)[n+]1-c1ccccc1.[I-]. The van der Waals surface area contributed by atoms with E-state index in [1.165, 1.54) is 38.3 Å². The summed E-state index contributed by atoms with van der Waals surface area (Å²) < 4.78 is 2.29. The Bertz CT molecular complexity index is 944. The van der Waals surface area contributed by atoms with Gasteiger partial charge in [-0.2, -0.15) is 4.57 Å². The molecule has 0 saturated carbocycles. The van der Waals surface area contributed by atoms with E-state index in [9.17, 15) is 0 Å². The van der Waals surface area contributed by atoms with E-state index in [0.717, 1.165) is 0 Å². The van der Waals surface area contributed by atoms with Gasteiger partial charge in [0.15, 0.2) is 11.4 Å². The minimum atomic E-state index is 0. The zero-order valence-electron chi connectivity index (χ0n) is 15.1. The van der Waals surface area contributed by atoms with Crippen molar-refractivity contribution in [1.29, 1.82) is 0 Å². The number of thioether (sulfide) groups is 1. The van der Waals surface area contributed by atoms with Crippen LogP contribution < -0.4 is 33.4 Å². The molecule has 0 unspecified atom stereocenters. The molecule has 26 heavy (non-hydrogen) atoms. The second-order valence-corrected chi connectivity index (χ2v) is 7.42. The van der Waals surface area contributed by atoms with Crippen molar-refractivity contribution in [3.8, 4) is 5.69 Å². The van der Waals surface area contributed by atoms with Gasteiger partial charge in [0.1, 0.15) is 0 Å². The van der Waals surface area contributed by atoms with Crippen LogP contribution in [0.1, 0.15) is 17.0 Å². The molecule has 1 aliphatic rings. The first-order valence-electron chi connectivity index (χ1n) is 8.44. The molecule has 1 aliphatic heterocycles. The van der Waals surface area contributed by atoms with Gasteiger partial charge in [-0.3, -0.25) is 0 Å². The number of halogens is 1. The minimum absolute atomic E-state index is 0. The number of hydrogen-bond donors (Lipinski definition) is 0. The number of para-hydroxylation sites is 2. The summed E-state index contributed by atoms with van der Waals surface area (Å²) in [6, 6.07) is 23.6. The average molecular weight is 472 g/mol. The second kappa shape index (κ2) is 7.84. The summed E-state index contributed by atoms with van der Waals surface area (Å²) >= 11 is 1.83. The maximum atomic E-state index is 2.29. The van der Waals surface area contributed by atoms with Crippen molar-refractivity contribution in [2.75, 3.05) is 11.9 Å². The molecule has 1 aromatic heterocycles. The number of aryl methyl sites for hydroxylation is 2. The molecule has 0 spiro atoms. The number of benzene rings is 2. The number of pyridine rings is 1. The Balaban J connectivity index is 0.00000196. The Kier molecular flexibility index (Phi) is 5.73. The average Bonchev–Trinajstić information content (AvgIpc) is 2.91. The van der Waals surface area contributed by atoms with Gasteiger partial charge < -0.3 is 28.9 Å². The lowest BCUT2D eigenvalue weighted by molar-refractivity contribution is -0.609. The highest BCUT2D eigenvalue weighted by atomic mass is 127. The normalized spacial score (nSPS) is 14.3. The first-order valence-corrected chi connectivity index (χ1v) is 9.26. The van der Waals surface area contributed by atoms with Gasteiger partial charge in [-0.05, 0) is 23.8 Å². The van der Waals surface area contributed by atoms with E-state index in [2.05, 4.69) is 103 Å². The Morgan fingerprint density at radius 1 is 0.885 bits per heavy atom. The van der Waals surface area contributed by atoms with Crippen molar-refractivity contribution in [3.05, 3.63) is 88.7 Å². The van der Waals surface area contributed by atoms with Crippen LogP contribution in [0.15, 0.2) is 76.7 Å². The number of aromatic nitrogens is 1. The van der Waals surface area contributed by atoms with Crippen LogP contribution in [0.3, 0.4) is 0 Å². The maximum absolute atomic E-state index is 2.29. The standard InChI is InChI=1S/C22H21N2S.HI/c1-16-13-18(14-17(2)24(16)19-9-5-4-6-10-19)15-22-23(3)20-11-7-8-12-21(20)25-22;/h4-15H,1-3H3;1H/q+1;/p-1. The Hall–Kier alpha value is -1.79. The van der Waals surface area contributed by atoms with E-state index in [4.69, 9.17) is 0 Å². The quantitative estimate of drug-likeness (QED) is 0.417. The van der Waals surface area contributed by atoms with Gasteiger partial charge in [0.05, 0.1) is 10.7 Å². The van der Waals surface area contributed by atoms with Crippen molar-refractivity contribution in [1.82, 2.24) is 0 Å². The molecule has 2 heterocycles. The Morgan fingerprint density at radius 3 is 2.15 bits per heavy atom. The largest absolute Gasteiger partial charge is 1.00 e. The van der Waals surface area contributed by atoms with Gasteiger partial charge in [0, 0.05) is 50.1 Å². The van der Waals surface area contributed by atoms with Gasteiger partial charge in [0.2, 0.25) is 5.69 Å². The monoisotopic (exact) mass is 472 g/mol. The van der Waals surface area contributed by atoms with E-state index in [0.29, 0.717) is 0 Å². The number of anilines is 1. The molecule has 0 radical (unpaired) electrons. The Labute approximate surface area is 176 Å². The van der Waals surface area contributed by atoms with Crippen LogP contribution >= 0.6 is 11.8 Å². The first-order chi connectivity index (χ1) is 12.1. The predicted molar refractivity (Wildman–Crippen MR) is 106 cm³/mol. The second-order valence-electron chi connectivity index (χ2n) is 6.35. The molecule has 0 bridgehead atoms. The summed E-state index contributed by atoms with van der Waals surface area (Å²) in [4.78, 5) is 3.59. The molecule has 4 heteroatoms. The molecule has 0 fully saturated rings. The molecule has 0 N–H and O–H groups in total. The van der Waals surface area contributed by atoms with Crippen LogP contribution in [0.5, 0.6) is 0 Å². The summed E-state index contributed by atoms with van der Waals surface area (Å²) in [5.41, 5.74) is 6.20. The highest BCUT2D eigenvalue weighted by Gasteiger charge is 2.22. The van der Waals surface area contributed by atoms with Crippen molar-refractivity contribution in [3.63, 3.8) is 0 Å². The summed E-state index contributed by atoms with van der Waals surface area (Å²) in [6.45, 7) is 4.34. The van der Waals surface area contributed by atoms with Crippen LogP contribution in [0, 0.1) is 13.8 Å². The van der Waals surface area contributed by atoms with Crippen molar-refractivity contribution in [2.24, 2.45) is 0 Å². The van der Waals surface area contributed by atoms with Gasteiger partial charge in [-0.25, -0.2) is 0 Å². The van der Waals surface area contributed by atoms with Crippen LogP contribution in [0.2, 0.25) is 0 Å². The third-order valence-electron chi connectivity index (χ3n) is 4.53. The van der Waals surface area contributed by atoms with Gasteiger partial charge in [-0.15, -0.1) is 0 Å². The lowest BCUT2D eigenvalue weighted by Gasteiger charge is -2.13. The van der Waals surface area contributed by atoms with E-state index in [-0.39, 0.29) is 24.0 Å². The van der Waals surface area contributed by atoms with Crippen LogP contribution in [0.25, 0.3) is 11.8 Å². The molecule has 3 aromatic rings. The zero-order valence-corrected chi connectivity index (χ0v) is 18.1. The Morgan fingerprint density at radius 2 is 1.50 bits per heavy atom. The van der Waals surface area contributed by atoms with Crippen LogP contribution in [-0.2, 0) is 0 Å². The lowest BCUT2D eigenvalue weighted by Crippen LogP contribution is -3.00. The molecule has 132 valence electrons. The highest BCUT2D eigenvalue weighted by Crippen LogP contribution is 2.45. The number of rotatable bonds is 2. The van der Waals surface area contributed by atoms with Crippen molar-refractivity contribution < 1.29 is 28.5 Å². The number of nitrogens with zero attached hydrogens (tertiary/aromatic N) is 2. The summed E-state index contributed by atoms with van der Waals surface area (Å²) in [7, 11) is 2.14. The van der Waals surface area contributed by atoms with E-state index in [1.807, 2.05) is 11.8 Å². The summed E-state index contributed by atoms with van der Waals surface area (Å²) in [6.07, 6.45) is 2.28. The first kappa shape index (κ1) is 19.0. The third kappa shape index (κ3) is 3.53. The van der Waals surface area contributed by atoms with Gasteiger partial charge in [0.25, 0.3) is 0 Å². The fourth-order valence-electron chi connectivity index (χ4n) is 3.39. The molecule has 0 aliphatic carbocycles. The molecular weight excluding hydrogens is 451 g/mol. The number of hydrogen-bond acceptors (Lipinski definition) is 2. The third-order valence-corrected chi connectivity index (χ3v) is 5.70. The molecule has 4 rings (SSSR count). The topological polar surface area (TPSA) is 7.12 Å². The van der Waals surface area contributed by atoms with Gasteiger partial charge >= 0.3 is 0 Å². The molecule has 0 saturated heterocycles. The van der Waals surface area contributed by atoms with Crippen molar-refractivity contribution >= 4 is 23.5 Å². The minimum Gasteiger partial charge on any atom is -1.00 e. The fraction of sp³-hybridized carbons (Fsp3) is 0.136. The van der Waals surface area contributed by atoms with Crippen molar-refractivity contribution in [2.45, 2.75) is 18.7 Å². The van der Waals surface area contributed by atoms with Crippen LogP contribution in [-0.4, -0.2) is 7.05 Å². The lowest BCUT2D eigenvalue weighted by atomic mass is 10.1. The molecule has 2 nitrogen and oxygen atoms in total. The molecule has 0 atom stereocenters. The van der Waals surface area contributed by atoms with E-state index < -0.39 is 0 Å². The van der Waals surface area contributed by atoms with Crippen LogP contribution in [0.4, 0.5) is 5.69 Å². The molecule has 2 aromatic carbocycles. The number of fused-ring (bicyclic) bond motifs is 1. The molecular formula is C22H21IN2S. The van der Waals surface area contributed by atoms with E-state index in [1.54, 1.807) is 0 Å².